The number of nitrogens with one attached hydrogen (secondary N) is 1. The van der Waals surface area contributed by atoms with Gasteiger partial charge in [-0.15, -0.1) is 0 Å². The summed E-state index contributed by atoms with van der Waals surface area (Å²) >= 11 is 12.2. The van der Waals surface area contributed by atoms with Crippen LogP contribution in [0.15, 0.2) is 77.7 Å². The molecular formula is C30H35Cl2N3O4S. The van der Waals surface area contributed by atoms with Gasteiger partial charge >= 0.3 is 0 Å². The molecule has 1 unspecified atom stereocenters. The summed E-state index contributed by atoms with van der Waals surface area (Å²) in [5.74, 6) is -0.850. The van der Waals surface area contributed by atoms with Crippen molar-refractivity contribution in [3.8, 4) is 0 Å². The van der Waals surface area contributed by atoms with Crippen molar-refractivity contribution in [3.05, 3.63) is 94.0 Å². The first-order chi connectivity index (χ1) is 18.7. The van der Waals surface area contributed by atoms with Crippen LogP contribution in [0, 0.1) is 6.92 Å². The van der Waals surface area contributed by atoms with E-state index in [0.29, 0.717) is 27.7 Å². The van der Waals surface area contributed by atoms with Gasteiger partial charge in [0, 0.05) is 22.1 Å². The number of amides is 2. The minimum Gasteiger partial charge on any atom is -0.350 e. The topological polar surface area (TPSA) is 86.8 Å². The molecule has 10 heteroatoms. The molecule has 0 aliphatic rings. The molecule has 0 fully saturated rings. The third-order valence-corrected chi connectivity index (χ3v) is 8.45. The SMILES string of the molecule is CCC(C(=O)NC(C)(C)C)N(Cc1ccc(Cl)cc1)C(=O)CN(c1ccc(Cl)cc1C)S(=O)(=O)c1ccccc1. The van der Waals surface area contributed by atoms with Crippen molar-refractivity contribution in [3.63, 3.8) is 0 Å². The average molecular weight is 605 g/mol. The van der Waals surface area contributed by atoms with Crippen LogP contribution in [0.2, 0.25) is 10.0 Å². The summed E-state index contributed by atoms with van der Waals surface area (Å²) in [5, 5.41) is 3.94. The van der Waals surface area contributed by atoms with Crippen molar-refractivity contribution in [1.29, 1.82) is 0 Å². The molecule has 0 saturated carbocycles. The Kier molecular flexibility index (Phi) is 10.3. The molecule has 0 aliphatic heterocycles. The summed E-state index contributed by atoms with van der Waals surface area (Å²) in [6, 6.07) is 18.9. The highest BCUT2D eigenvalue weighted by molar-refractivity contribution is 7.92. The van der Waals surface area contributed by atoms with E-state index in [0.717, 1.165) is 9.87 Å². The number of aryl methyl sites for hydroxylation is 1. The molecule has 2 amide bonds. The molecule has 0 spiro atoms. The Morgan fingerprint density at radius 1 is 0.925 bits per heavy atom. The number of carbonyl (C=O) groups is 2. The zero-order chi connectivity index (χ0) is 29.7. The van der Waals surface area contributed by atoms with Gasteiger partial charge in [0.2, 0.25) is 11.8 Å². The number of rotatable bonds is 10. The maximum absolute atomic E-state index is 14.1. The number of carbonyl (C=O) groups excluding carboxylic acids is 2. The largest absolute Gasteiger partial charge is 0.350 e. The molecular weight excluding hydrogens is 569 g/mol. The van der Waals surface area contributed by atoms with Gasteiger partial charge in [-0.3, -0.25) is 13.9 Å². The lowest BCUT2D eigenvalue weighted by Crippen LogP contribution is -2.55. The van der Waals surface area contributed by atoms with Crippen molar-refractivity contribution in [1.82, 2.24) is 10.2 Å². The highest BCUT2D eigenvalue weighted by Crippen LogP contribution is 2.29. The molecule has 3 aromatic rings. The Morgan fingerprint density at radius 3 is 2.08 bits per heavy atom. The third kappa shape index (κ3) is 7.99. The number of hydrogen-bond donors (Lipinski definition) is 1. The van der Waals surface area contributed by atoms with E-state index in [4.69, 9.17) is 23.2 Å². The Morgan fingerprint density at radius 2 is 1.52 bits per heavy atom. The van der Waals surface area contributed by atoms with Crippen LogP contribution in [0.1, 0.15) is 45.2 Å². The number of hydrogen-bond acceptors (Lipinski definition) is 4. The van der Waals surface area contributed by atoms with Gasteiger partial charge in [0.1, 0.15) is 12.6 Å². The zero-order valence-corrected chi connectivity index (χ0v) is 25.6. The van der Waals surface area contributed by atoms with Crippen LogP contribution < -0.4 is 9.62 Å². The van der Waals surface area contributed by atoms with Crippen molar-refractivity contribution in [2.24, 2.45) is 0 Å². The van der Waals surface area contributed by atoms with E-state index >= 15 is 0 Å². The number of sulfonamides is 1. The molecule has 40 heavy (non-hydrogen) atoms. The summed E-state index contributed by atoms with van der Waals surface area (Å²) in [6.45, 7) is 8.70. The predicted molar refractivity (Wildman–Crippen MR) is 161 cm³/mol. The fraction of sp³-hybridized carbons (Fsp3) is 0.333. The van der Waals surface area contributed by atoms with E-state index in [1.54, 1.807) is 67.6 Å². The van der Waals surface area contributed by atoms with Crippen LogP contribution in [-0.4, -0.2) is 43.3 Å². The number of nitrogens with zero attached hydrogens (tertiary/aromatic N) is 2. The van der Waals surface area contributed by atoms with Gasteiger partial charge in [-0.25, -0.2) is 8.42 Å². The van der Waals surface area contributed by atoms with E-state index < -0.39 is 34.1 Å². The molecule has 3 rings (SSSR count). The van der Waals surface area contributed by atoms with Crippen LogP contribution in [-0.2, 0) is 26.2 Å². The molecule has 214 valence electrons. The van der Waals surface area contributed by atoms with Gasteiger partial charge in [-0.05, 0) is 87.7 Å². The highest BCUT2D eigenvalue weighted by atomic mass is 35.5. The lowest BCUT2D eigenvalue weighted by Gasteiger charge is -2.35. The minimum atomic E-state index is -4.15. The maximum Gasteiger partial charge on any atom is 0.264 e. The first-order valence-electron chi connectivity index (χ1n) is 12.9. The van der Waals surface area contributed by atoms with Crippen LogP contribution in [0.4, 0.5) is 5.69 Å². The van der Waals surface area contributed by atoms with Gasteiger partial charge in [-0.1, -0.05) is 60.5 Å². The second-order valence-electron chi connectivity index (χ2n) is 10.6. The summed E-state index contributed by atoms with van der Waals surface area (Å²) in [6.07, 6.45) is 0.326. The Balaban J connectivity index is 2.09. The van der Waals surface area contributed by atoms with Crippen molar-refractivity contribution in [2.45, 2.75) is 64.1 Å². The summed E-state index contributed by atoms with van der Waals surface area (Å²) < 4.78 is 28.9. The van der Waals surface area contributed by atoms with Gasteiger partial charge in [0.25, 0.3) is 10.0 Å². The van der Waals surface area contributed by atoms with Crippen LogP contribution >= 0.6 is 23.2 Å². The van der Waals surface area contributed by atoms with E-state index in [9.17, 15) is 18.0 Å². The molecule has 0 aliphatic carbocycles. The molecule has 1 N–H and O–H groups in total. The van der Waals surface area contributed by atoms with Crippen LogP contribution in [0.25, 0.3) is 0 Å². The highest BCUT2D eigenvalue weighted by Gasteiger charge is 2.35. The molecule has 0 aromatic heterocycles. The molecule has 0 radical (unpaired) electrons. The van der Waals surface area contributed by atoms with Crippen LogP contribution in [0.5, 0.6) is 0 Å². The normalized spacial score (nSPS) is 12.5. The van der Waals surface area contributed by atoms with Crippen molar-refractivity contribution >= 4 is 50.7 Å². The number of benzene rings is 3. The lowest BCUT2D eigenvalue weighted by molar-refractivity contribution is -0.141. The summed E-state index contributed by atoms with van der Waals surface area (Å²) in [5.41, 5.74) is 1.13. The summed E-state index contributed by atoms with van der Waals surface area (Å²) in [7, 11) is -4.15. The van der Waals surface area contributed by atoms with Crippen LogP contribution in [0.3, 0.4) is 0 Å². The number of halogens is 2. The standard InChI is InChI=1S/C30H35Cl2N3O4S/c1-6-26(29(37)33-30(3,4)5)34(19-22-12-14-23(31)15-13-22)28(36)20-35(27-17-16-24(32)18-21(27)2)40(38,39)25-10-8-7-9-11-25/h7-18,26H,6,19-20H2,1-5H3,(H,33,37). The quantitative estimate of drug-likeness (QED) is 0.298. The van der Waals surface area contributed by atoms with E-state index in [1.165, 1.54) is 17.0 Å². The molecule has 1 atom stereocenters. The van der Waals surface area contributed by atoms with Gasteiger partial charge in [-0.2, -0.15) is 0 Å². The summed E-state index contributed by atoms with van der Waals surface area (Å²) in [4.78, 5) is 29.0. The lowest BCUT2D eigenvalue weighted by atomic mass is 10.1. The predicted octanol–water partition coefficient (Wildman–Crippen LogP) is 6.22. The second-order valence-corrected chi connectivity index (χ2v) is 13.3. The third-order valence-electron chi connectivity index (χ3n) is 6.19. The van der Waals surface area contributed by atoms with Gasteiger partial charge in [0.05, 0.1) is 10.6 Å². The fourth-order valence-electron chi connectivity index (χ4n) is 4.29. The van der Waals surface area contributed by atoms with E-state index in [1.807, 2.05) is 27.7 Å². The first kappa shape index (κ1) is 31.5. The smallest absolute Gasteiger partial charge is 0.264 e. The average Bonchev–Trinajstić information content (AvgIpc) is 2.88. The number of anilines is 1. The minimum absolute atomic E-state index is 0.0407. The Labute approximate surface area is 247 Å². The van der Waals surface area contributed by atoms with Gasteiger partial charge < -0.3 is 10.2 Å². The maximum atomic E-state index is 14.1. The first-order valence-corrected chi connectivity index (χ1v) is 15.1. The molecule has 0 bridgehead atoms. The zero-order valence-electron chi connectivity index (χ0n) is 23.3. The van der Waals surface area contributed by atoms with E-state index in [2.05, 4.69) is 5.32 Å². The molecule has 0 saturated heterocycles. The second kappa shape index (κ2) is 13.1. The fourth-order valence-corrected chi connectivity index (χ4v) is 6.14. The van der Waals surface area contributed by atoms with Gasteiger partial charge in [0.15, 0.2) is 0 Å². The Hall–Kier alpha value is -3.07. The van der Waals surface area contributed by atoms with E-state index in [-0.39, 0.29) is 17.3 Å². The molecule has 7 nitrogen and oxygen atoms in total. The van der Waals surface area contributed by atoms with Crippen molar-refractivity contribution < 1.29 is 18.0 Å². The van der Waals surface area contributed by atoms with Crippen molar-refractivity contribution in [2.75, 3.05) is 10.8 Å². The molecule has 3 aromatic carbocycles. The molecule has 0 heterocycles. The Bertz CT molecular complexity index is 1440. The monoisotopic (exact) mass is 603 g/mol.